The van der Waals surface area contributed by atoms with Crippen molar-refractivity contribution in [2.24, 2.45) is 5.92 Å². The van der Waals surface area contributed by atoms with Crippen molar-refractivity contribution in [3.63, 3.8) is 0 Å². The predicted octanol–water partition coefficient (Wildman–Crippen LogP) is 3.98. The van der Waals surface area contributed by atoms with Crippen LogP contribution in [0.1, 0.15) is 36.9 Å². The van der Waals surface area contributed by atoms with Gasteiger partial charge in [0, 0.05) is 42.1 Å². The molecule has 1 amide bonds. The summed E-state index contributed by atoms with van der Waals surface area (Å²) in [5, 5.41) is 14.9. The maximum absolute atomic E-state index is 10.6. The van der Waals surface area contributed by atoms with E-state index in [9.17, 15) is 4.79 Å². The van der Waals surface area contributed by atoms with Crippen molar-refractivity contribution in [1.82, 2.24) is 15.6 Å². The molecular formula is C22H29N3O3. The number of rotatable bonds is 7. The molecule has 1 heterocycles. The largest absolute Gasteiger partial charge is 0.496 e. The summed E-state index contributed by atoms with van der Waals surface area (Å²) in [6.45, 7) is 3.29. The third kappa shape index (κ3) is 5.45. The van der Waals surface area contributed by atoms with Gasteiger partial charge in [-0.15, -0.1) is 0 Å². The maximum atomic E-state index is 10.6. The van der Waals surface area contributed by atoms with Crippen LogP contribution in [-0.4, -0.2) is 35.9 Å². The Morgan fingerprint density at radius 2 is 1.93 bits per heavy atom. The second-order valence-electron chi connectivity index (χ2n) is 7.50. The topological polar surface area (TPSA) is 83.5 Å². The molecule has 0 atom stereocenters. The van der Waals surface area contributed by atoms with E-state index in [1.165, 1.54) is 0 Å². The molecule has 3 rings (SSSR count). The van der Waals surface area contributed by atoms with Gasteiger partial charge in [-0.25, -0.2) is 4.79 Å². The summed E-state index contributed by atoms with van der Waals surface area (Å²) in [5.74, 6) is 1.33. The number of aromatic nitrogens is 1. The minimum absolute atomic E-state index is 0.445. The number of carboxylic acid groups (broad SMARTS) is 1. The van der Waals surface area contributed by atoms with Gasteiger partial charge in [-0.2, -0.15) is 0 Å². The average molecular weight is 383 g/mol. The summed E-state index contributed by atoms with van der Waals surface area (Å²) in [5.41, 5.74) is 4.37. The van der Waals surface area contributed by atoms with Crippen molar-refractivity contribution in [3.8, 4) is 16.9 Å². The lowest BCUT2D eigenvalue weighted by atomic mass is 9.86. The number of ether oxygens (including phenoxy) is 1. The first kappa shape index (κ1) is 20.1. The Morgan fingerprint density at radius 1 is 1.18 bits per heavy atom. The number of hydrogen-bond donors (Lipinski definition) is 3. The van der Waals surface area contributed by atoms with Gasteiger partial charge in [0.15, 0.2) is 0 Å². The summed E-state index contributed by atoms with van der Waals surface area (Å²) in [6, 6.07) is 10.8. The van der Waals surface area contributed by atoms with Crippen LogP contribution in [0.4, 0.5) is 4.79 Å². The molecule has 0 spiro atoms. The number of hydrogen-bond acceptors (Lipinski definition) is 4. The summed E-state index contributed by atoms with van der Waals surface area (Å²) in [6.07, 6.45) is 5.19. The van der Waals surface area contributed by atoms with Crippen molar-refractivity contribution >= 4 is 6.09 Å². The molecule has 6 heteroatoms. The highest BCUT2D eigenvalue weighted by Crippen LogP contribution is 2.28. The standard InChI is InChI=1S/C22H29N3O3/c1-15-3-6-18(13-23-15)17-7-10-21(28-2)19(11-17)14-24-20-8-4-16(5-9-20)12-25-22(26)27/h3,6-7,10-11,13,16,20,24-25H,4-5,8-9,12,14H2,1-2H3,(H,26,27). The summed E-state index contributed by atoms with van der Waals surface area (Å²) < 4.78 is 5.55. The Bertz CT molecular complexity index is 784. The fourth-order valence-electron chi connectivity index (χ4n) is 3.79. The van der Waals surface area contributed by atoms with Crippen LogP contribution in [0, 0.1) is 12.8 Å². The van der Waals surface area contributed by atoms with E-state index in [4.69, 9.17) is 9.84 Å². The van der Waals surface area contributed by atoms with Gasteiger partial charge in [0.25, 0.3) is 0 Å². The molecule has 3 N–H and O–H groups in total. The van der Waals surface area contributed by atoms with E-state index >= 15 is 0 Å². The SMILES string of the molecule is COc1ccc(-c2ccc(C)nc2)cc1CNC1CCC(CNC(=O)O)CC1. The third-order valence-corrected chi connectivity index (χ3v) is 5.50. The van der Waals surface area contributed by atoms with Crippen LogP contribution in [0.15, 0.2) is 36.5 Å². The molecule has 150 valence electrons. The Hall–Kier alpha value is -2.60. The minimum Gasteiger partial charge on any atom is -0.496 e. The van der Waals surface area contributed by atoms with Gasteiger partial charge in [0.05, 0.1) is 7.11 Å². The predicted molar refractivity (Wildman–Crippen MR) is 110 cm³/mol. The molecule has 1 fully saturated rings. The molecule has 0 radical (unpaired) electrons. The molecule has 6 nitrogen and oxygen atoms in total. The molecule has 1 aliphatic rings. The van der Waals surface area contributed by atoms with Crippen molar-refractivity contribution < 1.29 is 14.6 Å². The first-order valence-electron chi connectivity index (χ1n) is 9.85. The van der Waals surface area contributed by atoms with Gasteiger partial charge in [-0.1, -0.05) is 12.1 Å². The van der Waals surface area contributed by atoms with E-state index in [0.29, 0.717) is 18.5 Å². The molecule has 28 heavy (non-hydrogen) atoms. The van der Waals surface area contributed by atoms with Gasteiger partial charge in [-0.05, 0) is 62.3 Å². The lowest BCUT2D eigenvalue weighted by Gasteiger charge is -2.29. The minimum atomic E-state index is -0.934. The summed E-state index contributed by atoms with van der Waals surface area (Å²) in [7, 11) is 1.70. The molecule has 1 aromatic carbocycles. The fourth-order valence-corrected chi connectivity index (χ4v) is 3.79. The molecule has 1 aliphatic carbocycles. The van der Waals surface area contributed by atoms with Gasteiger partial charge in [0.2, 0.25) is 0 Å². The molecule has 0 unspecified atom stereocenters. The zero-order chi connectivity index (χ0) is 19.9. The highest BCUT2D eigenvalue weighted by molar-refractivity contribution is 5.65. The average Bonchev–Trinajstić information content (AvgIpc) is 2.72. The first-order chi connectivity index (χ1) is 13.5. The number of pyridine rings is 1. The van der Waals surface area contributed by atoms with Crippen LogP contribution in [0.5, 0.6) is 5.75 Å². The molecule has 1 aromatic heterocycles. The zero-order valence-electron chi connectivity index (χ0n) is 16.6. The summed E-state index contributed by atoms with van der Waals surface area (Å²) >= 11 is 0. The lowest BCUT2D eigenvalue weighted by molar-refractivity contribution is 0.189. The number of nitrogens with zero attached hydrogens (tertiary/aromatic N) is 1. The van der Waals surface area contributed by atoms with Gasteiger partial charge in [0.1, 0.15) is 5.75 Å². The molecule has 0 bridgehead atoms. The normalized spacial score (nSPS) is 19.2. The fraction of sp³-hybridized carbons (Fsp3) is 0.455. The van der Waals surface area contributed by atoms with Crippen LogP contribution in [-0.2, 0) is 6.54 Å². The number of carbonyl (C=O) groups is 1. The van der Waals surface area contributed by atoms with Crippen molar-refractivity contribution in [1.29, 1.82) is 0 Å². The van der Waals surface area contributed by atoms with Crippen LogP contribution in [0.2, 0.25) is 0 Å². The van der Waals surface area contributed by atoms with E-state index in [0.717, 1.165) is 60.4 Å². The Kier molecular flexibility index (Phi) is 6.87. The van der Waals surface area contributed by atoms with E-state index in [1.807, 2.05) is 25.3 Å². The van der Waals surface area contributed by atoms with Crippen molar-refractivity contribution in [3.05, 3.63) is 47.8 Å². The molecular weight excluding hydrogens is 354 g/mol. The van der Waals surface area contributed by atoms with E-state index in [2.05, 4.69) is 33.8 Å². The van der Waals surface area contributed by atoms with E-state index in [-0.39, 0.29) is 0 Å². The van der Waals surface area contributed by atoms with Crippen LogP contribution in [0.25, 0.3) is 11.1 Å². The molecule has 0 aliphatic heterocycles. The van der Waals surface area contributed by atoms with Gasteiger partial charge >= 0.3 is 6.09 Å². The Labute approximate surface area is 166 Å². The second kappa shape index (κ2) is 9.55. The number of methoxy groups -OCH3 is 1. The van der Waals surface area contributed by atoms with E-state index in [1.54, 1.807) is 7.11 Å². The van der Waals surface area contributed by atoms with Gasteiger partial charge in [-0.3, -0.25) is 4.98 Å². The second-order valence-corrected chi connectivity index (χ2v) is 7.50. The Balaban J connectivity index is 1.58. The summed E-state index contributed by atoms with van der Waals surface area (Å²) in [4.78, 5) is 15.0. The first-order valence-corrected chi connectivity index (χ1v) is 9.85. The number of aryl methyl sites for hydroxylation is 1. The van der Waals surface area contributed by atoms with Crippen LogP contribution >= 0.6 is 0 Å². The quantitative estimate of drug-likeness (QED) is 0.673. The van der Waals surface area contributed by atoms with Crippen LogP contribution < -0.4 is 15.4 Å². The zero-order valence-corrected chi connectivity index (χ0v) is 16.6. The maximum Gasteiger partial charge on any atom is 0.404 e. The van der Waals surface area contributed by atoms with E-state index < -0.39 is 6.09 Å². The number of nitrogens with one attached hydrogen (secondary N) is 2. The third-order valence-electron chi connectivity index (χ3n) is 5.50. The Morgan fingerprint density at radius 3 is 2.57 bits per heavy atom. The molecule has 2 aromatic rings. The lowest BCUT2D eigenvalue weighted by Crippen LogP contribution is -2.36. The van der Waals surface area contributed by atoms with Crippen molar-refractivity contribution in [2.75, 3.05) is 13.7 Å². The number of amides is 1. The highest BCUT2D eigenvalue weighted by atomic mass is 16.5. The number of benzene rings is 1. The smallest absolute Gasteiger partial charge is 0.404 e. The monoisotopic (exact) mass is 383 g/mol. The van der Waals surface area contributed by atoms with Gasteiger partial charge < -0.3 is 20.5 Å². The highest BCUT2D eigenvalue weighted by Gasteiger charge is 2.21. The van der Waals surface area contributed by atoms with Crippen LogP contribution in [0.3, 0.4) is 0 Å². The molecule has 1 saturated carbocycles. The molecule has 0 saturated heterocycles. The van der Waals surface area contributed by atoms with Crippen molar-refractivity contribution in [2.45, 2.75) is 45.2 Å².